The number of nitrogens with one attached hydrogen (secondary N) is 2. The number of aryl methyl sites for hydroxylation is 1. The molecule has 11 heteroatoms. The largest absolute Gasteiger partial charge is 0.416 e. The summed E-state index contributed by atoms with van der Waals surface area (Å²) in [6.07, 6.45) is -1.12. The van der Waals surface area contributed by atoms with E-state index in [4.69, 9.17) is 0 Å². The minimum absolute atomic E-state index is 0.106. The van der Waals surface area contributed by atoms with Crippen LogP contribution in [0.15, 0.2) is 30.3 Å². The van der Waals surface area contributed by atoms with E-state index in [0.717, 1.165) is 31.4 Å². The van der Waals surface area contributed by atoms with Gasteiger partial charge in [0.15, 0.2) is 5.82 Å². The second kappa shape index (κ2) is 7.95. The van der Waals surface area contributed by atoms with E-state index in [2.05, 4.69) is 15.7 Å². The molecule has 0 unspecified atom stereocenters. The van der Waals surface area contributed by atoms with E-state index in [1.165, 1.54) is 27.8 Å². The van der Waals surface area contributed by atoms with E-state index in [0.29, 0.717) is 18.5 Å². The number of hydrogen-bond donors (Lipinski definition) is 2. The van der Waals surface area contributed by atoms with E-state index >= 15 is 0 Å². The molecule has 4 amide bonds. The van der Waals surface area contributed by atoms with Crippen LogP contribution in [0.2, 0.25) is 0 Å². The van der Waals surface area contributed by atoms with E-state index in [-0.39, 0.29) is 18.1 Å². The van der Waals surface area contributed by atoms with Crippen LogP contribution in [-0.2, 0) is 15.8 Å². The third-order valence-corrected chi connectivity index (χ3v) is 5.96. The third-order valence-electron chi connectivity index (χ3n) is 5.96. The molecule has 170 valence electrons. The number of alkyl halides is 3. The molecule has 8 nitrogen and oxygen atoms in total. The van der Waals surface area contributed by atoms with Crippen LogP contribution in [0.1, 0.15) is 43.4 Å². The number of hydrogen-bond acceptors (Lipinski definition) is 4. The van der Waals surface area contributed by atoms with Gasteiger partial charge in [0.2, 0.25) is 5.91 Å². The number of benzene rings is 1. The maximum atomic E-state index is 13.1. The lowest BCUT2D eigenvalue weighted by atomic mass is 9.78. The molecular formula is C21H22F3N5O3. The minimum atomic E-state index is -4.50. The summed E-state index contributed by atoms with van der Waals surface area (Å²) in [6.45, 7) is 1.38. The van der Waals surface area contributed by atoms with Gasteiger partial charge in [0.05, 0.1) is 11.3 Å². The van der Waals surface area contributed by atoms with Gasteiger partial charge in [0.1, 0.15) is 12.1 Å². The highest BCUT2D eigenvalue weighted by atomic mass is 19.4. The van der Waals surface area contributed by atoms with Gasteiger partial charge in [-0.05, 0) is 38.0 Å². The van der Waals surface area contributed by atoms with Crippen molar-refractivity contribution in [1.29, 1.82) is 0 Å². The standard InChI is InChI=1S/C21H22F3N5O3/c1-13-10-16(27-29(13)15-7-5-6-14(11-15)21(22,23)24)25-19(32)28-12-17(30)26-18(31)20(28)8-3-2-4-9-20/h5-7,10-11H,2-4,8-9,12H2,1H3,(H,25,27,32)(H,26,30,31). The monoisotopic (exact) mass is 449 g/mol. The molecule has 1 aliphatic carbocycles. The number of piperazine rings is 1. The molecule has 2 aromatic rings. The number of carbonyl (C=O) groups excluding carboxylic acids is 3. The number of urea groups is 1. The Kier molecular flexibility index (Phi) is 5.43. The maximum absolute atomic E-state index is 13.1. The molecule has 1 aromatic carbocycles. The Morgan fingerprint density at radius 2 is 1.88 bits per heavy atom. The number of halogens is 3. The molecule has 2 fully saturated rings. The van der Waals surface area contributed by atoms with E-state index in [1.54, 1.807) is 6.92 Å². The van der Waals surface area contributed by atoms with Crippen molar-refractivity contribution >= 4 is 23.7 Å². The molecule has 1 spiro atoms. The van der Waals surface area contributed by atoms with E-state index < -0.39 is 35.1 Å². The van der Waals surface area contributed by atoms with Gasteiger partial charge in [-0.15, -0.1) is 5.10 Å². The highest BCUT2D eigenvalue weighted by molar-refractivity contribution is 6.08. The summed E-state index contributed by atoms with van der Waals surface area (Å²) >= 11 is 0. The Hall–Kier alpha value is -3.37. The Morgan fingerprint density at radius 3 is 2.56 bits per heavy atom. The molecular weight excluding hydrogens is 427 g/mol. The van der Waals surface area contributed by atoms with Crippen LogP contribution in [0.25, 0.3) is 5.69 Å². The highest BCUT2D eigenvalue weighted by Crippen LogP contribution is 2.36. The molecule has 0 atom stereocenters. The zero-order valence-corrected chi connectivity index (χ0v) is 17.3. The fraction of sp³-hybridized carbons (Fsp3) is 0.429. The lowest BCUT2D eigenvalue weighted by Crippen LogP contribution is -2.69. The van der Waals surface area contributed by atoms with Gasteiger partial charge < -0.3 is 4.90 Å². The fourth-order valence-electron chi connectivity index (χ4n) is 4.39. The number of amides is 4. The molecule has 32 heavy (non-hydrogen) atoms. The predicted octanol–water partition coefficient (Wildman–Crippen LogP) is 3.39. The second-order valence-electron chi connectivity index (χ2n) is 8.12. The van der Waals surface area contributed by atoms with Crippen molar-refractivity contribution in [3.8, 4) is 5.69 Å². The molecule has 1 saturated heterocycles. The Balaban J connectivity index is 1.59. The predicted molar refractivity (Wildman–Crippen MR) is 108 cm³/mol. The van der Waals surface area contributed by atoms with Crippen LogP contribution in [0.3, 0.4) is 0 Å². The molecule has 2 N–H and O–H groups in total. The third kappa shape index (κ3) is 3.94. The SMILES string of the molecule is Cc1cc(NC(=O)N2CC(=O)NC(=O)C23CCCCC3)nn1-c1cccc(C(F)(F)F)c1. The Bertz CT molecular complexity index is 1070. The van der Waals surface area contributed by atoms with Gasteiger partial charge in [0.25, 0.3) is 5.91 Å². The summed E-state index contributed by atoms with van der Waals surface area (Å²) in [7, 11) is 0. The first-order valence-corrected chi connectivity index (χ1v) is 10.3. The summed E-state index contributed by atoms with van der Waals surface area (Å²) in [6, 6.07) is 5.55. The van der Waals surface area contributed by atoms with Crippen LogP contribution in [0.5, 0.6) is 0 Å². The first kappa shape index (κ1) is 21.8. The lowest BCUT2D eigenvalue weighted by Gasteiger charge is -2.46. The number of carbonyl (C=O) groups is 3. The van der Waals surface area contributed by atoms with Crippen molar-refractivity contribution in [1.82, 2.24) is 20.0 Å². The molecule has 1 aromatic heterocycles. The van der Waals surface area contributed by atoms with Crippen molar-refractivity contribution in [3.63, 3.8) is 0 Å². The first-order valence-electron chi connectivity index (χ1n) is 10.3. The number of aromatic nitrogens is 2. The second-order valence-corrected chi connectivity index (χ2v) is 8.12. The average Bonchev–Trinajstić information content (AvgIpc) is 3.11. The van der Waals surface area contributed by atoms with Crippen LogP contribution in [-0.4, -0.2) is 44.6 Å². The molecule has 0 bridgehead atoms. The molecule has 1 saturated carbocycles. The van der Waals surface area contributed by atoms with Gasteiger partial charge in [-0.3, -0.25) is 20.2 Å². The van der Waals surface area contributed by atoms with Gasteiger partial charge >= 0.3 is 12.2 Å². The summed E-state index contributed by atoms with van der Waals surface area (Å²) in [4.78, 5) is 38.9. The van der Waals surface area contributed by atoms with Crippen molar-refractivity contribution < 1.29 is 27.6 Å². The van der Waals surface area contributed by atoms with Gasteiger partial charge in [-0.1, -0.05) is 25.3 Å². The van der Waals surface area contributed by atoms with Crippen molar-refractivity contribution in [2.75, 3.05) is 11.9 Å². The Morgan fingerprint density at radius 1 is 1.16 bits per heavy atom. The normalized spacial score (nSPS) is 18.6. The number of anilines is 1. The van der Waals surface area contributed by atoms with Crippen molar-refractivity contribution in [2.24, 2.45) is 0 Å². The van der Waals surface area contributed by atoms with Crippen LogP contribution < -0.4 is 10.6 Å². The van der Waals surface area contributed by atoms with E-state index in [1.807, 2.05) is 0 Å². The summed E-state index contributed by atoms with van der Waals surface area (Å²) in [5.41, 5.74) is -1.21. The lowest BCUT2D eigenvalue weighted by molar-refractivity contribution is -0.146. The Labute approximate surface area is 181 Å². The van der Waals surface area contributed by atoms with E-state index in [9.17, 15) is 27.6 Å². The molecule has 0 radical (unpaired) electrons. The van der Waals surface area contributed by atoms with Gasteiger partial charge in [0, 0.05) is 11.8 Å². The van der Waals surface area contributed by atoms with Crippen molar-refractivity contribution in [3.05, 3.63) is 41.6 Å². The fourth-order valence-corrected chi connectivity index (χ4v) is 4.39. The topological polar surface area (TPSA) is 96.3 Å². The smallest absolute Gasteiger partial charge is 0.300 e. The zero-order valence-electron chi connectivity index (χ0n) is 17.3. The quantitative estimate of drug-likeness (QED) is 0.687. The first-order chi connectivity index (χ1) is 15.1. The average molecular weight is 449 g/mol. The molecule has 4 rings (SSSR count). The highest BCUT2D eigenvalue weighted by Gasteiger charge is 2.51. The number of imide groups is 1. The van der Waals surface area contributed by atoms with Crippen molar-refractivity contribution in [2.45, 2.75) is 50.7 Å². The van der Waals surface area contributed by atoms with Crippen LogP contribution in [0, 0.1) is 6.92 Å². The summed E-state index contributed by atoms with van der Waals surface area (Å²) in [5, 5.41) is 9.15. The number of nitrogens with zero attached hydrogens (tertiary/aromatic N) is 3. The molecule has 2 heterocycles. The number of rotatable bonds is 2. The van der Waals surface area contributed by atoms with Crippen LogP contribution in [0.4, 0.5) is 23.8 Å². The van der Waals surface area contributed by atoms with Gasteiger partial charge in [-0.2, -0.15) is 13.2 Å². The minimum Gasteiger partial charge on any atom is -0.300 e. The van der Waals surface area contributed by atoms with Crippen LogP contribution >= 0.6 is 0 Å². The molecule has 2 aliphatic rings. The maximum Gasteiger partial charge on any atom is 0.416 e. The molecule has 1 aliphatic heterocycles. The summed E-state index contributed by atoms with van der Waals surface area (Å²) in [5.74, 6) is -0.935. The zero-order chi connectivity index (χ0) is 23.1. The van der Waals surface area contributed by atoms with Gasteiger partial charge in [-0.25, -0.2) is 9.48 Å². The summed E-state index contributed by atoms with van der Waals surface area (Å²) < 4.78 is 40.4.